The third kappa shape index (κ3) is 9.77. The molecule has 90 valence electrons. The smallest absolute Gasteiger partial charge is 0.207 e. The van der Waals surface area contributed by atoms with Gasteiger partial charge in [0.1, 0.15) is 0 Å². The molecule has 0 saturated heterocycles. The van der Waals surface area contributed by atoms with Gasteiger partial charge in [0.15, 0.2) is 0 Å². The molecule has 2 nitrogen and oxygen atoms in total. The summed E-state index contributed by atoms with van der Waals surface area (Å²) >= 11 is 0. The van der Waals surface area contributed by atoms with E-state index in [1.165, 1.54) is 38.5 Å². The molecule has 0 bridgehead atoms. The summed E-state index contributed by atoms with van der Waals surface area (Å²) in [5.41, 5.74) is 0. The highest BCUT2D eigenvalue weighted by Gasteiger charge is 2.04. The van der Waals surface area contributed by atoms with Crippen molar-refractivity contribution in [1.82, 2.24) is 5.32 Å². The quantitative estimate of drug-likeness (QED) is 0.412. The number of carbonyl (C=O) groups is 1. The molecule has 1 N–H and O–H groups in total. The molecule has 1 unspecified atom stereocenters. The lowest BCUT2D eigenvalue weighted by Crippen LogP contribution is -2.27. The first kappa shape index (κ1) is 14.5. The fourth-order valence-corrected chi connectivity index (χ4v) is 1.93. The normalized spacial score (nSPS) is 12.4. The highest BCUT2D eigenvalue weighted by atomic mass is 16.1. The predicted molar refractivity (Wildman–Crippen MR) is 65.9 cm³/mol. The first-order valence-corrected chi connectivity index (χ1v) is 6.54. The fourth-order valence-electron chi connectivity index (χ4n) is 1.93. The molecule has 15 heavy (non-hydrogen) atoms. The number of amides is 1. The van der Waals surface area contributed by atoms with Gasteiger partial charge in [-0.05, 0) is 12.8 Å². The first-order chi connectivity index (χ1) is 7.35. The van der Waals surface area contributed by atoms with Crippen LogP contribution in [-0.4, -0.2) is 12.5 Å². The molecular weight excluding hydrogens is 186 g/mol. The lowest BCUT2D eigenvalue weighted by molar-refractivity contribution is -0.110. The molecule has 0 spiro atoms. The van der Waals surface area contributed by atoms with Crippen molar-refractivity contribution in [1.29, 1.82) is 0 Å². The van der Waals surface area contributed by atoms with E-state index in [0.717, 1.165) is 25.7 Å². The third-order valence-electron chi connectivity index (χ3n) is 2.85. The van der Waals surface area contributed by atoms with Crippen molar-refractivity contribution in [3.63, 3.8) is 0 Å². The molecule has 0 aromatic heterocycles. The van der Waals surface area contributed by atoms with Crippen LogP contribution in [0.15, 0.2) is 0 Å². The third-order valence-corrected chi connectivity index (χ3v) is 2.85. The van der Waals surface area contributed by atoms with Crippen molar-refractivity contribution >= 4 is 6.41 Å². The van der Waals surface area contributed by atoms with Gasteiger partial charge in [-0.3, -0.25) is 4.79 Å². The number of carbonyl (C=O) groups excluding carboxylic acids is 1. The van der Waals surface area contributed by atoms with Crippen LogP contribution < -0.4 is 5.32 Å². The lowest BCUT2D eigenvalue weighted by Gasteiger charge is -2.14. The Bertz CT molecular complexity index is 136. The monoisotopic (exact) mass is 213 g/mol. The van der Waals surface area contributed by atoms with Crippen LogP contribution in [-0.2, 0) is 4.79 Å². The highest BCUT2D eigenvalue weighted by Crippen LogP contribution is 2.10. The van der Waals surface area contributed by atoms with Crippen molar-refractivity contribution in [2.24, 2.45) is 0 Å². The SMILES string of the molecule is CCCCCCCCC(CCC)NC=O. The molecule has 0 rings (SSSR count). The Morgan fingerprint density at radius 1 is 0.933 bits per heavy atom. The fraction of sp³-hybridized carbons (Fsp3) is 0.923. The van der Waals surface area contributed by atoms with E-state index in [0.29, 0.717) is 6.04 Å². The van der Waals surface area contributed by atoms with E-state index < -0.39 is 0 Å². The van der Waals surface area contributed by atoms with Gasteiger partial charge in [0, 0.05) is 6.04 Å². The number of unbranched alkanes of at least 4 members (excludes halogenated alkanes) is 5. The Morgan fingerprint density at radius 2 is 1.60 bits per heavy atom. The Labute approximate surface area is 94.8 Å². The zero-order valence-corrected chi connectivity index (χ0v) is 10.4. The molecule has 0 aromatic rings. The molecule has 0 aromatic carbocycles. The van der Waals surface area contributed by atoms with Crippen molar-refractivity contribution in [3.8, 4) is 0 Å². The van der Waals surface area contributed by atoms with Crippen LogP contribution in [0.1, 0.15) is 71.6 Å². The van der Waals surface area contributed by atoms with E-state index in [9.17, 15) is 4.79 Å². The summed E-state index contributed by atoms with van der Waals surface area (Å²) in [6, 6.07) is 0.415. The molecule has 0 heterocycles. The van der Waals surface area contributed by atoms with Crippen molar-refractivity contribution < 1.29 is 4.79 Å². The second-order valence-corrected chi connectivity index (χ2v) is 4.33. The summed E-state index contributed by atoms with van der Waals surface area (Å²) in [6.45, 7) is 4.41. The van der Waals surface area contributed by atoms with Gasteiger partial charge in [0.2, 0.25) is 6.41 Å². The molecule has 0 saturated carbocycles. The maximum absolute atomic E-state index is 10.4. The second-order valence-electron chi connectivity index (χ2n) is 4.33. The average Bonchev–Trinajstić information content (AvgIpc) is 2.24. The topological polar surface area (TPSA) is 29.1 Å². The van der Waals surface area contributed by atoms with Gasteiger partial charge in [-0.25, -0.2) is 0 Å². The van der Waals surface area contributed by atoms with E-state index >= 15 is 0 Å². The standard InChI is InChI=1S/C13H27NO/c1-3-5-6-7-8-9-11-13(10-4-2)14-12-15/h12-13H,3-11H2,1-2H3,(H,14,15). The summed E-state index contributed by atoms with van der Waals surface area (Å²) in [5.74, 6) is 0. The number of nitrogens with one attached hydrogen (secondary N) is 1. The van der Waals surface area contributed by atoms with Crippen molar-refractivity contribution in [2.75, 3.05) is 0 Å². The Morgan fingerprint density at radius 3 is 2.20 bits per heavy atom. The largest absolute Gasteiger partial charge is 0.356 e. The maximum Gasteiger partial charge on any atom is 0.207 e. The lowest BCUT2D eigenvalue weighted by atomic mass is 10.0. The molecule has 0 radical (unpaired) electrons. The molecule has 0 aliphatic rings. The van der Waals surface area contributed by atoms with E-state index in [-0.39, 0.29) is 0 Å². The van der Waals surface area contributed by atoms with Gasteiger partial charge < -0.3 is 5.32 Å². The zero-order valence-electron chi connectivity index (χ0n) is 10.4. The Kier molecular flexibility index (Phi) is 11.1. The van der Waals surface area contributed by atoms with E-state index in [2.05, 4.69) is 19.2 Å². The van der Waals surface area contributed by atoms with Gasteiger partial charge in [-0.15, -0.1) is 0 Å². The van der Waals surface area contributed by atoms with Gasteiger partial charge in [0.05, 0.1) is 0 Å². The van der Waals surface area contributed by atoms with Gasteiger partial charge in [0.25, 0.3) is 0 Å². The Hall–Kier alpha value is -0.530. The summed E-state index contributed by atoms with van der Waals surface area (Å²) in [7, 11) is 0. The second kappa shape index (κ2) is 11.5. The van der Waals surface area contributed by atoms with E-state index in [1.807, 2.05) is 0 Å². The van der Waals surface area contributed by atoms with Crippen LogP contribution in [0, 0.1) is 0 Å². The maximum atomic E-state index is 10.4. The summed E-state index contributed by atoms with van der Waals surface area (Å²) in [5, 5.41) is 2.91. The molecule has 1 atom stereocenters. The van der Waals surface area contributed by atoms with Crippen LogP contribution in [0.4, 0.5) is 0 Å². The first-order valence-electron chi connectivity index (χ1n) is 6.54. The number of rotatable bonds is 11. The van der Waals surface area contributed by atoms with Gasteiger partial charge >= 0.3 is 0 Å². The zero-order chi connectivity index (χ0) is 11.4. The van der Waals surface area contributed by atoms with Crippen LogP contribution in [0.5, 0.6) is 0 Å². The molecule has 0 aliphatic heterocycles. The summed E-state index contributed by atoms with van der Waals surface area (Å²) in [4.78, 5) is 10.4. The highest BCUT2D eigenvalue weighted by molar-refractivity contribution is 5.46. The predicted octanol–water partition coefficient (Wildman–Crippen LogP) is 3.65. The van der Waals surface area contributed by atoms with Crippen molar-refractivity contribution in [2.45, 2.75) is 77.7 Å². The minimum Gasteiger partial charge on any atom is -0.356 e. The molecule has 0 aliphatic carbocycles. The van der Waals surface area contributed by atoms with Crippen LogP contribution in [0.25, 0.3) is 0 Å². The van der Waals surface area contributed by atoms with E-state index in [1.54, 1.807) is 0 Å². The summed E-state index contributed by atoms with van der Waals surface area (Å²) < 4.78 is 0. The molecule has 1 amide bonds. The van der Waals surface area contributed by atoms with Gasteiger partial charge in [-0.1, -0.05) is 58.8 Å². The van der Waals surface area contributed by atoms with Gasteiger partial charge in [-0.2, -0.15) is 0 Å². The number of hydrogen-bond acceptors (Lipinski definition) is 1. The molecular formula is C13H27NO. The van der Waals surface area contributed by atoms with Crippen molar-refractivity contribution in [3.05, 3.63) is 0 Å². The Balaban J connectivity index is 3.32. The summed E-state index contributed by atoms with van der Waals surface area (Å²) in [6.07, 6.45) is 12.3. The van der Waals surface area contributed by atoms with Crippen LogP contribution >= 0.6 is 0 Å². The molecule has 2 heteroatoms. The molecule has 0 fully saturated rings. The minimum absolute atomic E-state index is 0.415. The number of hydrogen-bond donors (Lipinski definition) is 1. The minimum atomic E-state index is 0.415. The average molecular weight is 213 g/mol. The van der Waals surface area contributed by atoms with Crippen LogP contribution in [0.3, 0.4) is 0 Å². The van der Waals surface area contributed by atoms with E-state index in [4.69, 9.17) is 0 Å². The van der Waals surface area contributed by atoms with Crippen LogP contribution in [0.2, 0.25) is 0 Å².